The molecule has 5 N–H and O–H groups in total. The predicted molar refractivity (Wildman–Crippen MR) is 62.9 cm³/mol. The molecule has 0 radical (unpaired) electrons. The van der Waals surface area contributed by atoms with Crippen molar-refractivity contribution in [2.75, 3.05) is 5.32 Å². The number of primary amides is 1. The van der Waals surface area contributed by atoms with Crippen LogP contribution in [0.25, 0.3) is 0 Å². The van der Waals surface area contributed by atoms with Crippen molar-refractivity contribution in [1.82, 2.24) is 9.78 Å². The first-order chi connectivity index (χ1) is 7.90. The van der Waals surface area contributed by atoms with Crippen LogP contribution in [0.3, 0.4) is 0 Å². The van der Waals surface area contributed by atoms with Crippen LogP contribution in [0.15, 0.2) is 12.4 Å². The Morgan fingerprint density at radius 2 is 2.18 bits per heavy atom. The molecular formula is C10H17N5O2. The van der Waals surface area contributed by atoms with E-state index in [1.54, 1.807) is 13.8 Å². The summed E-state index contributed by atoms with van der Waals surface area (Å²) >= 11 is 0. The van der Waals surface area contributed by atoms with Crippen molar-refractivity contribution in [3.05, 3.63) is 12.4 Å². The Morgan fingerprint density at radius 1 is 1.53 bits per heavy atom. The van der Waals surface area contributed by atoms with Crippen molar-refractivity contribution in [2.45, 2.75) is 26.4 Å². The van der Waals surface area contributed by atoms with Gasteiger partial charge >= 0.3 is 0 Å². The summed E-state index contributed by atoms with van der Waals surface area (Å²) in [5.74, 6) is -0.969. The molecular weight excluding hydrogens is 222 g/mol. The van der Waals surface area contributed by atoms with Gasteiger partial charge in [-0.1, -0.05) is 6.92 Å². The van der Waals surface area contributed by atoms with Crippen LogP contribution < -0.4 is 16.8 Å². The highest BCUT2D eigenvalue weighted by Gasteiger charge is 2.17. The lowest BCUT2D eigenvalue weighted by Crippen LogP contribution is -2.34. The van der Waals surface area contributed by atoms with Crippen molar-refractivity contribution in [1.29, 1.82) is 0 Å². The molecule has 2 unspecified atom stereocenters. The molecule has 0 aliphatic rings. The highest BCUT2D eigenvalue weighted by molar-refractivity contribution is 5.92. The van der Waals surface area contributed by atoms with Gasteiger partial charge in [-0.05, 0) is 6.92 Å². The molecule has 2 atom stereocenters. The lowest BCUT2D eigenvalue weighted by molar-refractivity contribution is -0.120. The van der Waals surface area contributed by atoms with Gasteiger partial charge in [0.15, 0.2) is 0 Å². The molecule has 1 heterocycles. The van der Waals surface area contributed by atoms with Gasteiger partial charge in [-0.25, -0.2) is 0 Å². The number of aromatic nitrogens is 2. The number of carbonyl (C=O) groups excluding carboxylic acids is 2. The largest absolute Gasteiger partial charge is 0.368 e. The molecule has 0 bridgehead atoms. The first-order valence-corrected chi connectivity index (χ1v) is 5.27. The van der Waals surface area contributed by atoms with Crippen molar-refractivity contribution in [2.24, 2.45) is 17.4 Å². The van der Waals surface area contributed by atoms with Crippen molar-refractivity contribution < 1.29 is 9.59 Å². The second-order valence-electron chi connectivity index (χ2n) is 4.03. The number of amides is 2. The highest BCUT2D eigenvalue weighted by Crippen LogP contribution is 2.08. The molecule has 0 spiro atoms. The molecule has 7 heteroatoms. The van der Waals surface area contributed by atoms with Crippen molar-refractivity contribution >= 4 is 17.5 Å². The zero-order valence-corrected chi connectivity index (χ0v) is 9.88. The van der Waals surface area contributed by atoms with E-state index in [1.165, 1.54) is 17.1 Å². The molecule has 1 rings (SSSR count). The Labute approximate surface area is 99.1 Å². The van der Waals surface area contributed by atoms with E-state index in [4.69, 9.17) is 11.5 Å². The van der Waals surface area contributed by atoms with Gasteiger partial charge in [0.05, 0.1) is 17.8 Å². The number of carbonyl (C=O) groups is 2. The summed E-state index contributed by atoms with van der Waals surface area (Å²) in [5, 5.41) is 6.55. The Hall–Kier alpha value is -1.89. The van der Waals surface area contributed by atoms with Gasteiger partial charge in [0.2, 0.25) is 11.8 Å². The highest BCUT2D eigenvalue weighted by atomic mass is 16.2. The number of rotatable bonds is 5. The second kappa shape index (κ2) is 5.44. The average Bonchev–Trinajstić information content (AvgIpc) is 2.63. The minimum atomic E-state index is -0.491. The first-order valence-electron chi connectivity index (χ1n) is 5.27. The molecule has 17 heavy (non-hydrogen) atoms. The zero-order valence-electron chi connectivity index (χ0n) is 9.88. The summed E-state index contributed by atoms with van der Waals surface area (Å²) in [5.41, 5.74) is 11.2. The molecule has 94 valence electrons. The van der Waals surface area contributed by atoms with E-state index < -0.39 is 5.91 Å². The van der Waals surface area contributed by atoms with Crippen LogP contribution in [0, 0.1) is 5.92 Å². The Bertz CT molecular complexity index is 413. The van der Waals surface area contributed by atoms with Crippen molar-refractivity contribution in [3.8, 4) is 0 Å². The molecule has 0 fully saturated rings. The maximum atomic E-state index is 11.7. The molecule has 0 saturated heterocycles. The Balaban J connectivity index is 2.60. The van der Waals surface area contributed by atoms with E-state index in [1.807, 2.05) is 0 Å². The van der Waals surface area contributed by atoms with Gasteiger partial charge in [0.25, 0.3) is 0 Å². The molecule has 0 aliphatic carbocycles. The third kappa shape index (κ3) is 3.87. The van der Waals surface area contributed by atoms with Crippen LogP contribution in [0.2, 0.25) is 0 Å². The molecule has 7 nitrogen and oxygen atoms in total. The molecule has 0 saturated carbocycles. The number of nitrogens with zero attached hydrogens (tertiary/aromatic N) is 2. The smallest absolute Gasteiger partial charge is 0.239 e. The summed E-state index contributed by atoms with van der Waals surface area (Å²) in [6.45, 7) is 3.49. The summed E-state index contributed by atoms with van der Waals surface area (Å²) in [6.07, 6.45) is 2.99. The van der Waals surface area contributed by atoms with Gasteiger partial charge in [-0.2, -0.15) is 5.10 Å². The summed E-state index contributed by atoms with van der Waals surface area (Å²) < 4.78 is 1.36. The quantitative estimate of drug-likeness (QED) is 0.629. The molecule has 1 aromatic heterocycles. The average molecular weight is 239 g/mol. The van der Waals surface area contributed by atoms with Crippen LogP contribution in [0.1, 0.15) is 13.8 Å². The van der Waals surface area contributed by atoms with Gasteiger partial charge in [0.1, 0.15) is 6.54 Å². The third-order valence-corrected chi connectivity index (χ3v) is 2.42. The van der Waals surface area contributed by atoms with E-state index in [0.29, 0.717) is 5.69 Å². The minimum absolute atomic E-state index is 0.0152. The van der Waals surface area contributed by atoms with Crippen molar-refractivity contribution in [3.63, 3.8) is 0 Å². The molecule has 2 amide bonds. The minimum Gasteiger partial charge on any atom is -0.368 e. The Kier molecular flexibility index (Phi) is 4.22. The fourth-order valence-electron chi connectivity index (χ4n) is 1.17. The van der Waals surface area contributed by atoms with Crippen LogP contribution in [0.5, 0.6) is 0 Å². The van der Waals surface area contributed by atoms with Crippen LogP contribution >= 0.6 is 0 Å². The predicted octanol–water partition coefficient (Wildman–Crippen LogP) is -0.710. The fraction of sp³-hybridized carbons (Fsp3) is 0.500. The number of hydrogen-bond donors (Lipinski definition) is 3. The number of nitrogens with one attached hydrogen (secondary N) is 1. The second-order valence-corrected chi connectivity index (χ2v) is 4.03. The monoisotopic (exact) mass is 239 g/mol. The van der Waals surface area contributed by atoms with E-state index in [-0.39, 0.29) is 24.4 Å². The lowest BCUT2D eigenvalue weighted by Gasteiger charge is -2.14. The topological polar surface area (TPSA) is 116 Å². The standard InChI is InChI=1S/C10H17N5O2/c1-6(7(2)11)10(17)14-8-3-13-15(4-8)5-9(12)16/h3-4,6-7H,5,11H2,1-2H3,(H2,12,16)(H,14,17). The normalized spacial score (nSPS) is 14.1. The number of nitrogens with two attached hydrogens (primary N) is 2. The maximum Gasteiger partial charge on any atom is 0.239 e. The zero-order chi connectivity index (χ0) is 13.0. The maximum absolute atomic E-state index is 11.7. The van der Waals surface area contributed by atoms with Gasteiger partial charge < -0.3 is 16.8 Å². The van der Waals surface area contributed by atoms with Gasteiger partial charge in [-0.3, -0.25) is 14.3 Å². The summed E-state index contributed by atoms with van der Waals surface area (Å²) in [4.78, 5) is 22.3. The van der Waals surface area contributed by atoms with Gasteiger partial charge in [-0.15, -0.1) is 0 Å². The SMILES string of the molecule is CC(N)C(C)C(=O)Nc1cnn(CC(N)=O)c1. The van der Waals surface area contributed by atoms with E-state index in [9.17, 15) is 9.59 Å². The molecule has 1 aromatic rings. The summed E-state index contributed by atoms with van der Waals surface area (Å²) in [7, 11) is 0. The molecule has 0 aromatic carbocycles. The Morgan fingerprint density at radius 3 is 2.71 bits per heavy atom. The first kappa shape index (κ1) is 13.2. The fourth-order valence-corrected chi connectivity index (χ4v) is 1.17. The summed E-state index contributed by atoms with van der Waals surface area (Å²) in [6, 6.07) is -0.226. The van der Waals surface area contributed by atoms with E-state index >= 15 is 0 Å². The van der Waals surface area contributed by atoms with Crippen LogP contribution in [-0.2, 0) is 16.1 Å². The van der Waals surface area contributed by atoms with Crippen LogP contribution in [-0.4, -0.2) is 27.6 Å². The van der Waals surface area contributed by atoms with E-state index in [2.05, 4.69) is 10.4 Å². The number of hydrogen-bond acceptors (Lipinski definition) is 4. The van der Waals surface area contributed by atoms with E-state index in [0.717, 1.165) is 0 Å². The van der Waals surface area contributed by atoms with Gasteiger partial charge in [0, 0.05) is 12.2 Å². The third-order valence-electron chi connectivity index (χ3n) is 2.42. The molecule has 0 aliphatic heterocycles. The lowest BCUT2D eigenvalue weighted by atomic mass is 10.0. The number of anilines is 1. The van der Waals surface area contributed by atoms with Crippen LogP contribution in [0.4, 0.5) is 5.69 Å².